The van der Waals surface area contributed by atoms with Crippen molar-refractivity contribution in [3.63, 3.8) is 0 Å². The van der Waals surface area contributed by atoms with Crippen LogP contribution in [-0.4, -0.2) is 25.6 Å². The first-order valence-electron chi connectivity index (χ1n) is 6.87. The maximum Gasteiger partial charge on any atom is 0.341 e. The Balaban J connectivity index is 1.99. The van der Waals surface area contributed by atoms with Crippen molar-refractivity contribution < 1.29 is 19.1 Å². The lowest BCUT2D eigenvalue weighted by molar-refractivity contribution is -0.118. The van der Waals surface area contributed by atoms with Gasteiger partial charge in [-0.15, -0.1) is 0 Å². The zero-order valence-electron chi connectivity index (χ0n) is 12.8. The Bertz CT molecular complexity index is 730. The number of hydrogen-bond donors (Lipinski definition) is 1. The standard InChI is InChI=1S/C17H16BrNO4/c1-11-7-8-12(9-14(11)18)19-16(20)10-23-15-6-4-3-5-13(15)17(21)22-2/h3-9H,10H2,1-2H3,(H,19,20). The molecule has 1 amide bonds. The van der Waals surface area contributed by atoms with E-state index >= 15 is 0 Å². The Labute approximate surface area is 142 Å². The van der Waals surface area contributed by atoms with Crippen LogP contribution in [-0.2, 0) is 9.53 Å². The summed E-state index contributed by atoms with van der Waals surface area (Å²) in [6, 6.07) is 12.1. The summed E-state index contributed by atoms with van der Waals surface area (Å²) < 4.78 is 11.0. The molecule has 120 valence electrons. The molecule has 5 nitrogen and oxygen atoms in total. The van der Waals surface area contributed by atoms with E-state index in [1.54, 1.807) is 30.3 Å². The number of esters is 1. The normalized spacial score (nSPS) is 10.0. The highest BCUT2D eigenvalue weighted by Gasteiger charge is 2.13. The monoisotopic (exact) mass is 377 g/mol. The molecule has 0 unspecified atom stereocenters. The van der Waals surface area contributed by atoms with Crippen LogP contribution >= 0.6 is 15.9 Å². The largest absolute Gasteiger partial charge is 0.483 e. The lowest BCUT2D eigenvalue weighted by atomic mass is 10.2. The van der Waals surface area contributed by atoms with Gasteiger partial charge in [0.15, 0.2) is 6.61 Å². The lowest BCUT2D eigenvalue weighted by Gasteiger charge is -2.11. The third-order valence-corrected chi connectivity index (χ3v) is 3.96. The number of rotatable bonds is 5. The molecular formula is C17H16BrNO4. The van der Waals surface area contributed by atoms with E-state index in [1.807, 2.05) is 19.1 Å². The topological polar surface area (TPSA) is 64.6 Å². The minimum atomic E-state index is -0.511. The molecule has 2 aromatic carbocycles. The number of nitrogens with one attached hydrogen (secondary N) is 1. The molecule has 2 aromatic rings. The van der Waals surface area contributed by atoms with Crippen LogP contribution < -0.4 is 10.1 Å². The first kappa shape index (κ1) is 17.0. The average Bonchev–Trinajstić information content (AvgIpc) is 2.56. The van der Waals surface area contributed by atoms with Gasteiger partial charge in [0, 0.05) is 10.2 Å². The number of aryl methyl sites for hydroxylation is 1. The molecule has 6 heteroatoms. The molecule has 0 aromatic heterocycles. The number of methoxy groups -OCH3 is 1. The van der Waals surface area contributed by atoms with E-state index in [9.17, 15) is 9.59 Å². The van der Waals surface area contributed by atoms with Crippen LogP contribution in [0.1, 0.15) is 15.9 Å². The highest BCUT2D eigenvalue weighted by atomic mass is 79.9. The van der Waals surface area contributed by atoms with Gasteiger partial charge in [0.05, 0.1) is 7.11 Å². The summed E-state index contributed by atoms with van der Waals surface area (Å²) in [5.74, 6) is -0.525. The minimum absolute atomic E-state index is 0.209. The second-order valence-corrected chi connectivity index (χ2v) is 5.64. The number of anilines is 1. The van der Waals surface area contributed by atoms with Crippen molar-refractivity contribution in [1.29, 1.82) is 0 Å². The molecule has 0 saturated heterocycles. The number of hydrogen-bond acceptors (Lipinski definition) is 4. The fourth-order valence-electron chi connectivity index (χ4n) is 1.88. The Morgan fingerprint density at radius 3 is 2.61 bits per heavy atom. The molecule has 0 fully saturated rings. The zero-order chi connectivity index (χ0) is 16.8. The van der Waals surface area contributed by atoms with Crippen molar-refractivity contribution in [1.82, 2.24) is 0 Å². The van der Waals surface area contributed by atoms with Crippen LogP contribution in [0.25, 0.3) is 0 Å². The number of para-hydroxylation sites is 1. The fraction of sp³-hybridized carbons (Fsp3) is 0.176. The SMILES string of the molecule is COC(=O)c1ccccc1OCC(=O)Nc1ccc(C)c(Br)c1. The number of amides is 1. The number of halogens is 1. The third-order valence-electron chi connectivity index (χ3n) is 3.11. The van der Waals surface area contributed by atoms with E-state index in [0.717, 1.165) is 10.0 Å². The predicted octanol–water partition coefficient (Wildman–Crippen LogP) is 3.56. The minimum Gasteiger partial charge on any atom is -0.483 e. The van der Waals surface area contributed by atoms with Gasteiger partial charge in [0.2, 0.25) is 0 Å². The molecule has 0 atom stereocenters. The van der Waals surface area contributed by atoms with Crippen molar-refractivity contribution in [2.24, 2.45) is 0 Å². The van der Waals surface area contributed by atoms with Gasteiger partial charge in [-0.25, -0.2) is 4.79 Å². The predicted molar refractivity (Wildman–Crippen MR) is 90.8 cm³/mol. The molecule has 0 bridgehead atoms. The number of carbonyl (C=O) groups is 2. The number of carbonyl (C=O) groups excluding carboxylic acids is 2. The summed E-state index contributed by atoms with van der Waals surface area (Å²) in [4.78, 5) is 23.6. The van der Waals surface area contributed by atoms with Gasteiger partial charge in [-0.05, 0) is 36.8 Å². The second kappa shape index (κ2) is 7.78. The van der Waals surface area contributed by atoms with Crippen LogP contribution in [0, 0.1) is 6.92 Å². The average molecular weight is 378 g/mol. The summed E-state index contributed by atoms with van der Waals surface area (Å²) in [5, 5.41) is 2.73. The smallest absolute Gasteiger partial charge is 0.341 e. The van der Waals surface area contributed by atoms with E-state index in [4.69, 9.17) is 4.74 Å². The van der Waals surface area contributed by atoms with Crippen LogP contribution in [0.2, 0.25) is 0 Å². The number of benzene rings is 2. The van der Waals surface area contributed by atoms with E-state index in [-0.39, 0.29) is 18.1 Å². The molecular weight excluding hydrogens is 362 g/mol. The van der Waals surface area contributed by atoms with Gasteiger partial charge in [-0.1, -0.05) is 34.1 Å². The fourth-order valence-corrected chi connectivity index (χ4v) is 2.26. The van der Waals surface area contributed by atoms with E-state index < -0.39 is 5.97 Å². The molecule has 0 radical (unpaired) electrons. The van der Waals surface area contributed by atoms with Gasteiger partial charge >= 0.3 is 5.97 Å². The van der Waals surface area contributed by atoms with Crippen LogP contribution in [0.15, 0.2) is 46.9 Å². The van der Waals surface area contributed by atoms with Crippen LogP contribution in [0.3, 0.4) is 0 Å². The van der Waals surface area contributed by atoms with Crippen LogP contribution in [0.5, 0.6) is 5.75 Å². The van der Waals surface area contributed by atoms with Crippen molar-refractivity contribution in [2.75, 3.05) is 19.0 Å². The Morgan fingerprint density at radius 1 is 1.17 bits per heavy atom. The first-order chi connectivity index (χ1) is 11.0. The highest BCUT2D eigenvalue weighted by molar-refractivity contribution is 9.10. The molecule has 0 heterocycles. The molecule has 0 aliphatic rings. The maximum atomic E-state index is 12.0. The van der Waals surface area contributed by atoms with Gasteiger partial charge in [-0.3, -0.25) is 4.79 Å². The molecule has 0 aliphatic heterocycles. The highest BCUT2D eigenvalue weighted by Crippen LogP contribution is 2.21. The Kier molecular flexibility index (Phi) is 5.76. The molecule has 0 saturated carbocycles. The molecule has 0 aliphatic carbocycles. The summed E-state index contributed by atoms with van der Waals surface area (Å²) in [6.45, 7) is 1.75. The van der Waals surface area contributed by atoms with E-state index in [2.05, 4.69) is 26.0 Å². The summed E-state index contributed by atoms with van der Waals surface area (Å²) in [6.07, 6.45) is 0. The molecule has 0 spiro atoms. The second-order valence-electron chi connectivity index (χ2n) is 4.79. The van der Waals surface area contributed by atoms with Gasteiger partial charge in [0.1, 0.15) is 11.3 Å². The zero-order valence-corrected chi connectivity index (χ0v) is 14.3. The van der Waals surface area contributed by atoms with Gasteiger partial charge in [0.25, 0.3) is 5.91 Å². The van der Waals surface area contributed by atoms with Gasteiger partial charge < -0.3 is 14.8 Å². The summed E-state index contributed by atoms with van der Waals surface area (Å²) in [7, 11) is 1.29. The van der Waals surface area contributed by atoms with E-state index in [0.29, 0.717) is 11.4 Å². The molecule has 2 rings (SSSR count). The van der Waals surface area contributed by atoms with Crippen molar-refractivity contribution in [3.05, 3.63) is 58.1 Å². The quantitative estimate of drug-likeness (QED) is 0.809. The third kappa shape index (κ3) is 4.56. The lowest BCUT2D eigenvalue weighted by Crippen LogP contribution is -2.21. The molecule has 23 heavy (non-hydrogen) atoms. The Morgan fingerprint density at radius 2 is 1.91 bits per heavy atom. The Hall–Kier alpha value is -2.34. The van der Waals surface area contributed by atoms with Crippen LogP contribution in [0.4, 0.5) is 5.69 Å². The number of ether oxygens (including phenoxy) is 2. The maximum absolute atomic E-state index is 12.0. The molecule has 1 N–H and O–H groups in total. The van der Waals surface area contributed by atoms with Crippen molar-refractivity contribution in [2.45, 2.75) is 6.92 Å². The van der Waals surface area contributed by atoms with E-state index in [1.165, 1.54) is 7.11 Å². The summed E-state index contributed by atoms with van der Waals surface area (Å²) in [5.41, 5.74) is 2.02. The first-order valence-corrected chi connectivity index (χ1v) is 7.66. The summed E-state index contributed by atoms with van der Waals surface area (Å²) >= 11 is 3.41. The van der Waals surface area contributed by atoms with Crippen molar-refractivity contribution >= 4 is 33.5 Å². The van der Waals surface area contributed by atoms with Crippen molar-refractivity contribution in [3.8, 4) is 5.75 Å². The van der Waals surface area contributed by atoms with Gasteiger partial charge in [-0.2, -0.15) is 0 Å².